The van der Waals surface area contributed by atoms with E-state index in [4.69, 9.17) is 0 Å². The summed E-state index contributed by atoms with van der Waals surface area (Å²) in [6, 6.07) is 11.0. The van der Waals surface area contributed by atoms with Crippen LogP contribution < -0.4 is 5.32 Å². The number of nitrogens with one attached hydrogen (secondary N) is 1. The Balaban J connectivity index is 0.00000243. The number of guanidine groups is 1. The van der Waals surface area contributed by atoms with E-state index in [2.05, 4.69) is 64.3 Å². The minimum atomic E-state index is 0. The van der Waals surface area contributed by atoms with Crippen LogP contribution in [0.15, 0.2) is 35.3 Å². The lowest BCUT2D eigenvalue weighted by Crippen LogP contribution is -2.49. The third-order valence-electron chi connectivity index (χ3n) is 6.01. The van der Waals surface area contributed by atoms with Crippen LogP contribution in [-0.4, -0.2) is 62.1 Å². The Labute approximate surface area is 176 Å². The van der Waals surface area contributed by atoms with Crippen LogP contribution >= 0.6 is 24.0 Å². The molecule has 0 radical (unpaired) electrons. The third-order valence-corrected chi connectivity index (χ3v) is 6.01. The van der Waals surface area contributed by atoms with Gasteiger partial charge in [0, 0.05) is 33.2 Å². The summed E-state index contributed by atoms with van der Waals surface area (Å²) in [5, 5.41) is 3.65. The molecular weight excluding hydrogens is 435 g/mol. The minimum Gasteiger partial charge on any atom is -0.356 e. The lowest BCUT2D eigenvalue weighted by atomic mass is 9.82. The maximum Gasteiger partial charge on any atom is 0.193 e. The van der Waals surface area contributed by atoms with E-state index in [1.807, 2.05) is 7.05 Å². The zero-order valence-corrected chi connectivity index (χ0v) is 18.9. The molecule has 2 aliphatic rings. The van der Waals surface area contributed by atoms with Gasteiger partial charge in [-0.1, -0.05) is 44.2 Å². The first-order chi connectivity index (χ1) is 12.2. The first-order valence-corrected chi connectivity index (χ1v) is 9.94. The van der Waals surface area contributed by atoms with Crippen LogP contribution in [-0.2, 0) is 0 Å². The van der Waals surface area contributed by atoms with Gasteiger partial charge in [0.25, 0.3) is 0 Å². The second-order valence-corrected chi connectivity index (χ2v) is 7.71. The SMILES string of the molecule is CCN1CCC(CNC(=NC)N2CCC(c3ccccc3)C(C)C2)C1.I. The predicted molar refractivity (Wildman–Crippen MR) is 122 cm³/mol. The molecule has 4 nitrogen and oxygen atoms in total. The molecule has 1 aromatic rings. The quantitative estimate of drug-likeness (QED) is 0.414. The summed E-state index contributed by atoms with van der Waals surface area (Å²) in [7, 11) is 1.92. The van der Waals surface area contributed by atoms with Crippen molar-refractivity contribution in [3.05, 3.63) is 35.9 Å². The normalized spacial score (nSPS) is 27.3. The van der Waals surface area contributed by atoms with Gasteiger partial charge in [-0.25, -0.2) is 0 Å². The van der Waals surface area contributed by atoms with Crippen LogP contribution in [0, 0.1) is 11.8 Å². The van der Waals surface area contributed by atoms with Gasteiger partial charge in [0.15, 0.2) is 5.96 Å². The van der Waals surface area contributed by atoms with Gasteiger partial charge in [-0.2, -0.15) is 0 Å². The Hall–Kier alpha value is -0.820. The van der Waals surface area contributed by atoms with E-state index in [1.165, 1.54) is 38.0 Å². The van der Waals surface area contributed by atoms with Crippen molar-refractivity contribution in [2.24, 2.45) is 16.8 Å². The maximum atomic E-state index is 4.56. The van der Waals surface area contributed by atoms with Crippen molar-refractivity contribution < 1.29 is 0 Å². The molecule has 3 atom stereocenters. The van der Waals surface area contributed by atoms with Gasteiger partial charge in [-0.15, -0.1) is 24.0 Å². The molecule has 26 heavy (non-hydrogen) atoms. The molecule has 146 valence electrons. The van der Waals surface area contributed by atoms with E-state index in [0.717, 1.165) is 31.5 Å². The summed E-state index contributed by atoms with van der Waals surface area (Å²) in [5.41, 5.74) is 1.49. The van der Waals surface area contributed by atoms with E-state index in [-0.39, 0.29) is 24.0 Å². The van der Waals surface area contributed by atoms with Crippen molar-refractivity contribution >= 4 is 29.9 Å². The highest BCUT2D eigenvalue weighted by atomic mass is 127. The van der Waals surface area contributed by atoms with Crippen molar-refractivity contribution in [2.45, 2.75) is 32.6 Å². The largest absolute Gasteiger partial charge is 0.356 e. The van der Waals surface area contributed by atoms with E-state index < -0.39 is 0 Å². The summed E-state index contributed by atoms with van der Waals surface area (Å²) in [6.07, 6.45) is 2.52. The second kappa shape index (κ2) is 10.5. The number of nitrogens with zero attached hydrogens (tertiary/aromatic N) is 3. The van der Waals surface area contributed by atoms with Gasteiger partial charge in [0.2, 0.25) is 0 Å². The number of piperidine rings is 1. The molecule has 5 heteroatoms. The molecular formula is C21H35IN4. The molecule has 1 N–H and O–H groups in total. The zero-order valence-electron chi connectivity index (χ0n) is 16.5. The fourth-order valence-electron chi connectivity index (χ4n) is 4.47. The topological polar surface area (TPSA) is 30.9 Å². The van der Waals surface area contributed by atoms with Crippen molar-refractivity contribution in [3.63, 3.8) is 0 Å². The number of hydrogen-bond donors (Lipinski definition) is 1. The second-order valence-electron chi connectivity index (χ2n) is 7.71. The number of rotatable bonds is 4. The van der Waals surface area contributed by atoms with E-state index in [0.29, 0.717) is 11.8 Å². The van der Waals surface area contributed by atoms with Gasteiger partial charge in [0.05, 0.1) is 0 Å². The smallest absolute Gasteiger partial charge is 0.193 e. The Morgan fingerprint density at radius 2 is 1.92 bits per heavy atom. The molecule has 2 saturated heterocycles. The number of halogens is 1. The summed E-state index contributed by atoms with van der Waals surface area (Å²) in [5.74, 6) is 3.17. The van der Waals surface area contributed by atoms with Crippen molar-refractivity contribution in [1.29, 1.82) is 0 Å². The predicted octanol–water partition coefficient (Wildman–Crippen LogP) is 3.65. The molecule has 0 aliphatic carbocycles. The molecule has 3 rings (SSSR count). The molecule has 0 amide bonds. The van der Waals surface area contributed by atoms with Crippen LogP contribution in [0.4, 0.5) is 0 Å². The fourth-order valence-corrected chi connectivity index (χ4v) is 4.47. The van der Waals surface area contributed by atoms with Crippen LogP contribution in [0.5, 0.6) is 0 Å². The molecule has 0 bridgehead atoms. The number of likely N-dealkylation sites (tertiary alicyclic amines) is 2. The third kappa shape index (κ3) is 5.35. The molecule has 0 aromatic heterocycles. The van der Waals surface area contributed by atoms with E-state index in [9.17, 15) is 0 Å². The first-order valence-electron chi connectivity index (χ1n) is 9.94. The van der Waals surface area contributed by atoms with Gasteiger partial charge in [-0.3, -0.25) is 4.99 Å². The molecule has 0 spiro atoms. The van der Waals surface area contributed by atoms with Gasteiger partial charge < -0.3 is 15.1 Å². The minimum absolute atomic E-state index is 0. The lowest BCUT2D eigenvalue weighted by molar-refractivity contribution is 0.233. The van der Waals surface area contributed by atoms with Gasteiger partial charge in [0.1, 0.15) is 0 Å². The first kappa shape index (κ1) is 21.5. The Morgan fingerprint density at radius 1 is 1.15 bits per heavy atom. The Kier molecular flexibility index (Phi) is 8.67. The van der Waals surface area contributed by atoms with Crippen LogP contribution in [0.3, 0.4) is 0 Å². The highest BCUT2D eigenvalue weighted by molar-refractivity contribution is 14.0. The molecule has 2 aliphatic heterocycles. The van der Waals surface area contributed by atoms with E-state index in [1.54, 1.807) is 0 Å². The van der Waals surface area contributed by atoms with Crippen molar-refractivity contribution in [2.75, 3.05) is 46.3 Å². The summed E-state index contributed by atoms with van der Waals surface area (Å²) < 4.78 is 0. The molecule has 2 heterocycles. The average molecular weight is 470 g/mol. The zero-order chi connectivity index (χ0) is 17.6. The summed E-state index contributed by atoms with van der Waals surface area (Å²) >= 11 is 0. The highest BCUT2D eigenvalue weighted by Gasteiger charge is 2.29. The lowest BCUT2D eigenvalue weighted by Gasteiger charge is -2.39. The Bertz CT molecular complexity index is 562. The molecule has 0 saturated carbocycles. The number of benzene rings is 1. The highest BCUT2D eigenvalue weighted by Crippen LogP contribution is 2.32. The Morgan fingerprint density at radius 3 is 2.54 bits per heavy atom. The van der Waals surface area contributed by atoms with Crippen molar-refractivity contribution in [3.8, 4) is 0 Å². The van der Waals surface area contributed by atoms with Crippen LogP contribution in [0.1, 0.15) is 38.2 Å². The van der Waals surface area contributed by atoms with Gasteiger partial charge in [-0.05, 0) is 49.2 Å². The number of aliphatic imine (C=N–C) groups is 1. The summed E-state index contributed by atoms with van der Waals surface area (Å²) in [6.45, 7) is 11.5. The number of hydrogen-bond acceptors (Lipinski definition) is 2. The standard InChI is InChI=1S/C21H34N4.HI/c1-4-24-12-10-18(16-24)14-23-21(22-3)25-13-11-20(17(2)15-25)19-8-6-5-7-9-19;/h5-9,17-18,20H,4,10-16H2,1-3H3,(H,22,23);1H. The van der Waals surface area contributed by atoms with E-state index >= 15 is 0 Å². The summed E-state index contributed by atoms with van der Waals surface area (Å²) in [4.78, 5) is 9.56. The van der Waals surface area contributed by atoms with Crippen LogP contribution in [0.2, 0.25) is 0 Å². The molecule has 3 unspecified atom stereocenters. The molecule has 1 aromatic carbocycles. The average Bonchev–Trinajstić information content (AvgIpc) is 3.11. The fraction of sp³-hybridized carbons (Fsp3) is 0.667. The molecule has 2 fully saturated rings. The maximum absolute atomic E-state index is 4.56. The monoisotopic (exact) mass is 470 g/mol. The van der Waals surface area contributed by atoms with Crippen molar-refractivity contribution in [1.82, 2.24) is 15.1 Å². The van der Waals surface area contributed by atoms with Crippen LogP contribution in [0.25, 0.3) is 0 Å². The van der Waals surface area contributed by atoms with Gasteiger partial charge >= 0.3 is 0 Å².